The highest BCUT2D eigenvalue weighted by molar-refractivity contribution is 6.18. The van der Waals surface area contributed by atoms with Crippen molar-refractivity contribution in [2.75, 3.05) is 26.1 Å². The minimum atomic E-state index is 0.875. The third kappa shape index (κ3) is 1.89. The van der Waals surface area contributed by atoms with Crippen LogP contribution in [-0.4, -0.2) is 31.2 Å². The summed E-state index contributed by atoms with van der Waals surface area (Å²) >= 11 is 0. The fourth-order valence-electron chi connectivity index (χ4n) is 3.70. The molecule has 0 unspecified atom stereocenters. The van der Waals surface area contributed by atoms with E-state index in [4.69, 9.17) is 4.74 Å². The molecule has 1 N–H and O–H groups in total. The van der Waals surface area contributed by atoms with Crippen LogP contribution in [0, 0.1) is 13.8 Å². The lowest BCUT2D eigenvalue weighted by Crippen LogP contribution is -2.11. The predicted molar refractivity (Wildman–Crippen MR) is 101 cm³/mol. The molecule has 0 saturated heterocycles. The molecule has 0 atom stereocenters. The molecule has 0 spiro atoms. The fourth-order valence-corrected chi connectivity index (χ4v) is 3.70. The Morgan fingerprint density at radius 3 is 2.50 bits per heavy atom. The van der Waals surface area contributed by atoms with Crippen molar-refractivity contribution in [3.63, 3.8) is 0 Å². The second kappa shape index (κ2) is 5.13. The van der Waals surface area contributed by atoms with Crippen LogP contribution in [0.3, 0.4) is 0 Å². The molecule has 4 rings (SSSR count). The minimum absolute atomic E-state index is 0.875. The number of aromatic amines is 1. The highest BCUT2D eigenvalue weighted by Crippen LogP contribution is 2.39. The molecule has 0 saturated carbocycles. The second-order valence-corrected chi connectivity index (χ2v) is 6.49. The average Bonchev–Trinajstić information content (AvgIpc) is 2.97. The van der Waals surface area contributed by atoms with Crippen LogP contribution in [0.2, 0.25) is 0 Å². The monoisotopic (exact) mass is 319 g/mol. The van der Waals surface area contributed by atoms with Crippen LogP contribution in [0.5, 0.6) is 5.75 Å². The zero-order valence-corrected chi connectivity index (χ0v) is 14.7. The summed E-state index contributed by atoms with van der Waals surface area (Å²) in [5, 5.41) is 4.92. The maximum atomic E-state index is 5.43. The first-order valence-electron chi connectivity index (χ1n) is 8.07. The van der Waals surface area contributed by atoms with Gasteiger partial charge in [-0.1, -0.05) is 0 Å². The lowest BCUT2D eigenvalue weighted by Gasteiger charge is -2.17. The summed E-state index contributed by atoms with van der Waals surface area (Å²) in [6.07, 6.45) is 1.89. The summed E-state index contributed by atoms with van der Waals surface area (Å²) in [7, 11) is 5.79. The topological polar surface area (TPSA) is 41.1 Å². The number of pyridine rings is 1. The molecular weight excluding hydrogens is 298 g/mol. The first-order chi connectivity index (χ1) is 11.5. The number of H-pyrrole nitrogens is 1. The molecule has 24 heavy (non-hydrogen) atoms. The summed E-state index contributed by atoms with van der Waals surface area (Å²) in [5.74, 6) is 1.88. The van der Waals surface area contributed by atoms with E-state index in [0.717, 1.165) is 17.1 Å². The zero-order chi connectivity index (χ0) is 17.0. The van der Waals surface area contributed by atoms with E-state index in [1.54, 1.807) is 7.11 Å². The Labute approximate surface area is 141 Å². The fraction of sp³-hybridized carbons (Fsp3) is 0.250. The minimum Gasteiger partial charge on any atom is -0.497 e. The lowest BCUT2D eigenvalue weighted by atomic mass is 9.96. The van der Waals surface area contributed by atoms with Crippen molar-refractivity contribution in [2.45, 2.75) is 13.8 Å². The van der Waals surface area contributed by atoms with Crippen molar-refractivity contribution in [1.82, 2.24) is 9.97 Å². The predicted octanol–water partition coefficient (Wildman–Crippen LogP) is 4.56. The number of hydrogen-bond donors (Lipinski definition) is 1. The molecule has 0 bridgehead atoms. The Kier molecular flexibility index (Phi) is 3.17. The maximum absolute atomic E-state index is 5.43. The van der Waals surface area contributed by atoms with Crippen molar-refractivity contribution < 1.29 is 4.74 Å². The number of aromatic nitrogens is 2. The molecule has 0 aliphatic rings. The van der Waals surface area contributed by atoms with Gasteiger partial charge in [-0.25, -0.2) is 4.98 Å². The van der Waals surface area contributed by atoms with Gasteiger partial charge in [0.2, 0.25) is 0 Å². The van der Waals surface area contributed by atoms with Gasteiger partial charge >= 0.3 is 0 Å². The van der Waals surface area contributed by atoms with Gasteiger partial charge in [0.1, 0.15) is 11.6 Å². The molecule has 122 valence electrons. The molecule has 4 aromatic rings. The van der Waals surface area contributed by atoms with Crippen LogP contribution in [0.15, 0.2) is 30.5 Å². The van der Waals surface area contributed by atoms with E-state index in [-0.39, 0.29) is 0 Å². The van der Waals surface area contributed by atoms with Gasteiger partial charge in [0, 0.05) is 42.0 Å². The third-order valence-electron chi connectivity index (χ3n) is 4.89. The number of methoxy groups -OCH3 is 1. The Bertz CT molecular complexity index is 1090. The number of nitrogens with zero attached hydrogens (tertiary/aromatic N) is 2. The van der Waals surface area contributed by atoms with Gasteiger partial charge in [-0.05, 0) is 54.6 Å². The summed E-state index contributed by atoms with van der Waals surface area (Å²) in [6, 6.07) is 8.30. The van der Waals surface area contributed by atoms with Crippen molar-refractivity contribution in [3.05, 3.63) is 41.6 Å². The molecule has 0 aliphatic heterocycles. The number of anilines is 1. The Balaban J connectivity index is 2.27. The van der Waals surface area contributed by atoms with Gasteiger partial charge in [0.05, 0.1) is 12.6 Å². The number of nitrogens with one attached hydrogen (secondary N) is 1. The number of aryl methyl sites for hydroxylation is 2. The van der Waals surface area contributed by atoms with Crippen LogP contribution in [0.25, 0.3) is 32.6 Å². The van der Waals surface area contributed by atoms with Gasteiger partial charge in [0.15, 0.2) is 0 Å². The van der Waals surface area contributed by atoms with E-state index in [2.05, 4.69) is 46.9 Å². The normalized spacial score (nSPS) is 11.5. The van der Waals surface area contributed by atoms with Crippen molar-refractivity contribution in [2.24, 2.45) is 0 Å². The number of rotatable bonds is 2. The van der Waals surface area contributed by atoms with Gasteiger partial charge in [-0.2, -0.15) is 0 Å². The quantitative estimate of drug-likeness (QED) is 0.589. The Hall–Kier alpha value is -2.75. The van der Waals surface area contributed by atoms with E-state index >= 15 is 0 Å². The molecule has 0 aliphatic carbocycles. The number of benzene rings is 2. The standard InChI is InChI=1S/C20H21N3O/c1-11-14-8-9-21-20(23(3)4)18(14)12(2)17-15-10-13(24-5)6-7-16(15)22-19(11)17/h6-10,22H,1-5H3. The molecule has 4 heteroatoms. The summed E-state index contributed by atoms with van der Waals surface area (Å²) in [6.45, 7) is 4.36. The number of fused-ring (bicyclic) bond motifs is 4. The van der Waals surface area contributed by atoms with Crippen molar-refractivity contribution in [3.8, 4) is 5.75 Å². The smallest absolute Gasteiger partial charge is 0.136 e. The molecule has 2 aromatic carbocycles. The first kappa shape index (κ1) is 14.8. The van der Waals surface area contributed by atoms with Crippen LogP contribution in [0.4, 0.5) is 5.82 Å². The van der Waals surface area contributed by atoms with E-state index in [0.29, 0.717) is 0 Å². The molecule has 0 radical (unpaired) electrons. The van der Waals surface area contributed by atoms with E-state index in [9.17, 15) is 0 Å². The van der Waals surface area contributed by atoms with E-state index < -0.39 is 0 Å². The van der Waals surface area contributed by atoms with Crippen molar-refractivity contribution >= 4 is 38.4 Å². The van der Waals surface area contributed by atoms with Crippen LogP contribution in [-0.2, 0) is 0 Å². The summed E-state index contributed by atoms with van der Waals surface area (Å²) < 4.78 is 5.43. The van der Waals surface area contributed by atoms with E-state index in [1.807, 2.05) is 26.4 Å². The second-order valence-electron chi connectivity index (χ2n) is 6.49. The Morgan fingerprint density at radius 2 is 1.79 bits per heavy atom. The molecule has 0 amide bonds. The Morgan fingerprint density at radius 1 is 1.00 bits per heavy atom. The van der Waals surface area contributed by atoms with Gasteiger partial charge < -0.3 is 14.6 Å². The average molecular weight is 319 g/mol. The van der Waals surface area contributed by atoms with Gasteiger partial charge in [0.25, 0.3) is 0 Å². The van der Waals surface area contributed by atoms with Crippen LogP contribution >= 0.6 is 0 Å². The summed E-state index contributed by atoms with van der Waals surface area (Å²) in [4.78, 5) is 10.3. The SMILES string of the molecule is COc1ccc2[nH]c3c(C)c4ccnc(N(C)C)c4c(C)c3c2c1. The summed E-state index contributed by atoms with van der Waals surface area (Å²) in [5.41, 5.74) is 4.83. The molecule has 4 nitrogen and oxygen atoms in total. The largest absolute Gasteiger partial charge is 0.497 e. The van der Waals surface area contributed by atoms with Crippen molar-refractivity contribution in [1.29, 1.82) is 0 Å². The van der Waals surface area contributed by atoms with Crippen LogP contribution in [0.1, 0.15) is 11.1 Å². The van der Waals surface area contributed by atoms with E-state index in [1.165, 1.54) is 38.2 Å². The third-order valence-corrected chi connectivity index (χ3v) is 4.89. The number of ether oxygens (including phenoxy) is 1. The zero-order valence-electron chi connectivity index (χ0n) is 14.7. The lowest BCUT2D eigenvalue weighted by molar-refractivity contribution is 0.415. The first-order valence-corrected chi connectivity index (χ1v) is 8.07. The highest BCUT2D eigenvalue weighted by Gasteiger charge is 2.17. The highest BCUT2D eigenvalue weighted by atomic mass is 16.5. The van der Waals surface area contributed by atoms with Crippen LogP contribution < -0.4 is 9.64 Å². The molecule has 2 heterocycles. The molecule has 2 aromatic heterocycles. The van der Waals surface area contributed by atoms with Gasteiger partial charge in [-0.15, -0.1) is 0 Å². The number of hydrogen-bond acceptors (Lipinski definition) is 3. The molecular formula is C20H21N3O. The molecule has 0 fully saturated rings. The van der Waals surface area contributed by atoms with Gasteiger partial charge in [-0.3, -0.25) is 0 Å². The maximum Gasteiger partial charge on any atom is 0.136 e.